The van der Waals surface area contributed by atoms with Crippen molar-refractivity contribution in [3.05, 3.63) is 60.2 Å². The molecule has 7 heteroatoms. The Hall–Kier alpha value is -2.81. The van der Waals surface area contributed by atoms with E-state index in [-0.39, 0.29) is 0 Å². The van der Waals surface area contributed by atoms with Gasteiger partial charge in [0.05, 0.1) is 50.8 Å². The van der Waals surface area contributed by atoms with Crippen LogP contribution < -0.4 is 11.5 Å². The van der Waals surface area contributed by atoms with Gasteiger partial charge in [0.1, 0.15) is 0 Å². The average Bonchev–Trinajstić information content (AvgIpc) is 2.69. The molecular weight excluding hydrogens is 463 g/mol. The largest absolute Gasteiger partial charge is 0.397 e. The van der Waals surface area contributed by atoms with Gasteiger partial charge in [-0.3, -0.25) is 15.0 Å². The lowest BCUT2D eigenvalue weighted by atomic mass is 10.0. The molecule has 4 N–H and O–H groups in total. The van der Waals surface area contributed by atoms with Crippen LogP contribution in [0.5, 0.6) is 0 Å². The fraction of sp³-hybridized carbons (Fsp3) is 0.143. The number of hydrogen-bond acceptors (Lipinski definition) is 6. The first-order valence-electron chi connectivity index (χ1n) is 8.76. The van der Waals surface area contributed by atoms with Gasteiger partial charge in [0.25, 0.3) is 0 Å². The van der Waals surface area contributed by atoms with E-state index in [1.54, 1.807) is 22.8 Å². The number of nitrogens with zero attached hydrogens (tertiary/aromatic N) is 4. The van der Waals surface area contributed by atoms with Crippen molar-refractivity contribution in [2.24, 2.45) is 9.98 Å². The second-order valence-electron chi connectivity index (χ2n) is 6.55. The summed E-state index contributed by atoms with van der Waals surface area (Å²) in [6.45, 7) is 4.16. The number of anilines is 2. The maximum Gasteiger partial charge on any atom is 0.0995 e. The minimum Gasteiger partial charge on any atom is -0.397 e. The molecule has 0 saturated heterocycles. The van der Waals surface area contributed by atoms with Crippen LogP contribution in [0.2, 0.25) is 0 Å². The minimum atomic E-state index is 0.340. The third-order valence-electron chi connectivity index (χ3n) is 4.20. The highest BCUT2D eigenvalue weighted by Gasteiger charge is 2.06. The molecule has 142 valence electrons. The summed E-state index contributed by atoms with van der Waals surface area (Å²) in [4.78, 5) is 17.5. The summed E-state index contributed by atoms with van der Waals surface area (Å²) < 4.78 is 1.69. The van der Waals surface area contributed by atoms with Crippen molar-refractivity contribution in [1.82, 2.24) is 9.97 Å². The van der Waals surface area contributed by atoms with Crippen LogP contribution in [0.25, 0.3) is 11.1 Å². The van der Waals surface area contributed by atoms with Gasteiger partial charge in [-0.1, -0.05) is 26.0 Å². The van der Waals surface area contributed by atoms with Gasteiger partial charge < -0.3 is 11.5 Å². The van der Waals surface area contributed by atoms with Gasteiger partial charge in [0.15, 0.2) is 0 Å². The van der Waals surface area contributed by atoms with Gasteiger partial charge in [0, 0.05) is 6.20 Å². The lowest BCUT2D eigenvalue weighted by Crippen LogP contribution is -1.96. The van der Waals surface area contributed by atoms with Crippen molar-refractivity contribution in [3.8, 4) is 11.1 Å². The summed E-state index contributed by atoms with van der Waals surface area (Å²) in [5, 5.41) is 0. The monoisotopic (exact) mass is 484 g/mol. The molecule has 0 unspecified atom stereocenters. The standard InChI is InChI=1S/C21H21IN6/c1-13(2)21-11-25-16(10-27-21)9-26-20-8-15(3-5-17(20)23)14-4-6-19(28-12-22)18(24)7-14/h3-13H,23-24H2,1-2H3. The normalized spacial score (nSPS) is 11.7. The van der Waals surface area contributed by atoms with Gasteiger partial charge in [-0.2, -0.15) is 0 Å². The van der Waals surface area contributed by atoms with E-state index in [9.17, 15) is 0 Å². The molecule has 0 radical (unpaired) electrons. The van der Waals surface area contributed by atoms with Crippen LogP contribution in [-0.4, -0.2) is 20.4 Å². The summed E-state index contributed by atoms with van der Waals surface area (Å²) in [7, 11) is 0. The van der Waals surface area contributed by atoms with Crippen molar-refractivity contribution in [1.29, 1.82) is 0 Å². The topological polar surface area (TPSA) is 103 Å². The molecule has 0 spiro atoms. The molecule has 0 aliphatic rings. The summed E-state index contributed by atoms with van der Waals surface area (Å²) in [6.07, 6.45) is 5.15. The molecule has 3 rings (SSSR count). The molecule has 3 aromatic rings. The SMILES string of the molecule is CC(C)c1cnc(C=Nc2cc(-c3ccc(N=CI)c(N)c3)ccc2N)cn1. The molecule has 0 bridgehead atoms. The quantitative estimate of drug-likeness (QED) is 0.292. The van der Waals surface area contributed by atoms with Gasteiger partial charge in [-0.05, 0) is 63.9 Å². The van der Waals surface area contributed by atoms with Gasteiger partial charge in [-0.15, -0.1) is 0 Å². The maximum absolute atomic E-state index is 6.09. The van der Waals surface area contributed by atoms with E-state index < -0.39 is 0 Å². The third kappa shape index (κ3) is 4.72. The van der Waals surface area contributed by atoms with Gasteiger partial charge in [0.2, 0.25) is 0 Å². The predicted molar refractivity (Wildman–Crippen MR) is 126 cm³/mol. The Morgan fingerprint density at radius 3 is 2.29 bits per heavy atom. The Morgan fingerprint density at radius 2 is 1.64 bits per heavy atom. The van der Waals surface area contributed by atoms with E-state index >= 15 is 0 Å². The Labute approximate surface area is 178 Å². The van der Waals surface area contributed by atoms with Crippen LogP contribution in [0.15, 0.2) is 58.8 Å². The number of nitrogens with two attached hydrogens (primary N) is 2. The Morgan fingerprint density at radius 1 is 0.893 bits per heavy atom. The molecule has 6 nitrogen and oxygen atoms in total. The summed E-state index contributed by atoms with van der Waals surface area (Å²) in [5.41, 5.74) is 18.4. The first kappa shape index (κ1) is 19.9. The van der Waals surface area contributed by atoms with Crippen molar-refractivity contribution >= 4 is 55.8 Å². The highest BCUT2D eigenvalue weighted by atomic mass is 127. The molecule has 2 aromatic carbocycles. The number of halogens is 1. The Kier molecular flexibility index (Phi) is 6.35. The van der Waals surface area contributed by atoms with Crippen LogP contribution >= 0.6 is 22.6 Å². The number of benzene rings is 2. The van der Waals surface area contributed by atoms with Crippen LogP contribution in [0, 0.1) is 0 Å². The van der Waals surface area contributed by atoms with E-state index in [1.807, 2.05) is 36.4 Å². The Bertz CT molecular complexity index is 1030. The maximum atomic E-state index is 6.09. The van der Waals surface area contributed by atoms with Gasteiger partial charge >= 0.3 is 0 Å². The van der Waals surface area contributed by atoms with Crippen LogP contribution in [0.1, 0.15) is 31.2 Å². The van der Waals surface area contributed by atoms with Gasteiger partial charge in [-0.25, -0.2) is 4.99 Å². The molecule has 0 aliphatic carbocycles. The number of hydrogen-bond donors (Lipinski definition) is 2. The lowest BCUT2D eigenvalue weighted by Gasteiger charge is -2.08. The van der Waals surface area contributed by atoms with Crippen LogP contribution in [-0.2, 0) is 0 Å². The molecule has 0 fully saturated rings. The van der Waals surface area contributed by atoms with Crippen molar-refractivity contribution < 1.29 is 0 Å². The van der Waals surface area contributed by atoms with E-state index in [2.05, 4.69) is 56.4 Å². The smallest absolute Gasteiger partial charge is 0.0995 e. The first-order chi connectivity index (χ1) is 13.5. The third-order valence-corrected chi connectivity index (χ3v) is 4.48. The summed E-state index contributed by atoms with van der Waals surface area (Å²) in [5.74, 6) is 0.340. The molecule has 1 heterocycles. The number of nitrogen functional groups attached to an aromatic ring is 2. The minimum absolute atomic E-state index is 0.340. The molecule has 0 aliphatic heterocycles. The molecule has 1 aromatic heterocycles. The molecule has 28 heavy (non-hydrogen) atoms. The van der Waals surface area contributed by atoms with Crippen molar-refractivity contribution in [3.63, 3.8) is 0 Å². The fourth-order valence-corrected chi connectivity index (χ4v) is 2.89. The number of aromatic nitrogens is 2. The van der Waals surface area contributed by atoms with Crippen LogP contribution in [0.3, 0.4) is 0 Å². The van der Waals surface area contributed by atoms with E-state index in [0.29, 0.717) is 28.7 Å². The van der Waals surface area contributed by atoms with Crippen molar-refractivity contribution in [2.75, 3.05) is 11.5 Å². The Balaban J connectivity index is 1.88. The fourth-order valence-electron chi connectivity index (χ4n) is 2.59. The van der Waals surface area contributed by atoms with Crippen molar-refractivity contribution in [2.45, 2.75) is 19.8 Å². The van der Waals surface area contributed by atoms with E-state index in [0.717, 1.165) is 22.5 Å². The summed E-state index contributed by atoms with van der Waals surface area (Å²) in [6, 6.07) is 11.5. The second-order valence-corrected chi connectivity index (χ2v) is 7.11. The summed E-state index contributed by atoms with van der Waals surface area (Å²) >= 11 is 2.07. The lowest BCUT2D eigenvalue weighted by molar-refractivity contribution is 0.811. The zero-order chi connectivity index (χ0) is 20.1. The predicted octanol–water partition coefficient (Wildman–Crippen LogP) is 5.28. The van der Waals surface area contributed by atoms with Crippen LogP contribution in [0.4, 0.5) is 22.7 Å². The molecule has 0 saturated carbocycles. The first-order valence-corrected chi connectivity index (χ1v) is 10.0. The number of aliphatic imine (C=N–C) groups is 2. The molecular formula is C21H21IN6. The average molecular weight is 484 g/mol. The van der Waals surface area contributed by atoms with E-state index in [4.69, 9.17) is 11.5 Å². The molecule has 0 atom stereocenters. The zero-order valence-electron chi connectivity index (χ0n) is 15.7. The van der Waals surface area contributed by atoms with E-state index in [1.165, 1.54) is 0 Å². The highest BCUT2D eigenvalue weighted by Crippen LogP contribution is 2.33. The molecule has 0 amide bonds. The zero-order valence-corrected chi connectivity index (χ0v) is 17.8. The number of rotatable bonds is 5. The highest BCUT2D eigenvalue weighted by molar-refractivity contribution is 14.1. The second kappa shape index (κ2) is 8.92.